The maximum absolute atomic E-state index is 10.6. The number of hydrogen-bond acceptors (Lipinski definition) is 3. The second-order valence-corrected chi connectivity index (χ2v) is 4.37. The van der Waals surface area contributed by atoms with Gasteiger partial charge in [-0.15, -0.1) is 0 Å². The van der Waals surface area contributed by atoms with E-state index in [4.69, 9.17) is 0 Å². The highest BCUT2D eigenvalue weighted by Crippen LogP contribution is 2.34. The van der Waals surface area contributed by atoms with Crippen molar-refractivity contribution in [3.8, 4) is 0 Å². The molecule has 1 heterocycles. The quantitative estimate of drug-likeness (QED) is 0.877. The van der Waals surface area contributed by atoms with E-state index in [9.17, 15) is 5.11 Å². The molecular formula is C14H16N2O. The van der Waals surface area contributed by atoms with Gasteiger partial charge in [0, 0.05) is 24.5 Å². The standard InChI is InChI=1S/C14H16N2O/c1-11(13-10-15-8-9-16-13)14(2,17)12-6-4-3-5-7-12/h3-11,17H,1-2H3. The fourth-order valence-electron chi connectivity index (χ4n) is 1.85. The van der Waals surface area contributed by atoms with Gasteiger partial charge < -0.3 is 5.11 Å². The molecule has 3 nitrogen and oxygen atoms in total. The fourth-order valence-corrected chi connectivity index (χ4v) is 1.85. The topological polar surface area (TPSA) is 46.0 Å². The molecule has 0 fully saturated rings. The van der Waals surface area contributed by atoms with E-state index >= 15 is 0 Å². The van der Waals surface area contributed by atoms with Gasteiger partial charge >= 0.3 is 0 Å². The van der Waals surface area contributed by atoms with E-state index in [-0.39, 0.29) is 5.92 Å². The molecule has 1 aromatic heterocycles. The maximum atomic E-state index is 10.6. The number of aromatic nitrogens is 2. The third kappa shape index (κ3) is 2.34. The van der Waals surface area contributed by atoms with Gasteiger partial charge in [-0.25, -0.2) is 0 Å². The minimum atomic E-state index is -0.947. The maximum Gasteiger partial charge on any atom is 0.0949 e. The average molecular weight is 228 g/mol. The molecule has 0 saturated heterocycles. The smallest absolute Gasteiger partial charge is 0.0949 e. The van der Waals surface area contributed by atoms with Gasteiger partial charge in [-0.1, -0.05) is 37.3 Å². The third-order valence-corrected chi connectivity index (χ3v) is 3.23. The molecule has 1 N–H and O–H groups in total. The number of rotatable bonds is 3. The van der Waals surface area contributed by atoms with Crippen LogP contribution in [0, 0.1) is 0 Å². The lowest BCUT2D eigenvalue weighted by Gasteiger charge is -2.30. The van der Waals surface area contributed by atoms with Crippen LogP contribution in [0.4, 0.5) is 0 Å². The Balaban J connectivity index is 2.33. The Hall–Kier alpha value is -1.74. The van der Waals surface area contributed by atoms with E-state index in [1.54, 1.807) is 18.6 Å². The lowest BCUT2D eigenvalue weighted by atomic mass is 9.82. The van der Waals surface area contributed by atoms with Crippen molar-refractivity contribution in [2.45, 2.75) is 25.4 Å². The lowest BCUT2D eigenvalue weighted by Crippen LogP contribution is -2.28. The first-order chi connectivity index (χ1) is 8.12. The van der Waals surface area contributed by atoms with Crippen molar-refractivity contribution >= 4 is 0 Å². The van der Waals surface area contributed by atoms with E-state index in [1.165, 1.54) is 0 Å². The molecule has 88 valence electrons. The molecule has 2 aromatic rings. The monoisotopic (exact) mass is 228 g/mol. The lowest BCUT2D eigenvalue weighted by molar-refractivity contribution is 0.0309. The summed E-state index contributed by atoms with van der Waals surface area (Å²) in [5.74, 6) is -0.112. The van der Waals surface area contributed by atoms with Crippen molar-refractivity contribution in [2.75, 3.05) is 0 Å². The Morgan fingerprint density at radius 2 is 1.88 bits per heavy atom. The minimum absolute atomic E-state index is 0.112. The van der Waals surface area contributed by atoms with Crippen LogP contribution in [0.3, 0.4) is 0 Å². The average Bonchev–Trinajstić information content (AvgIpc) is 2.40. The molecule has 1 aromatic carbocycles. The van der Waals surface area contributed by atoms with E-state index in [2.05, 4.69) is 9.97 Å². The number of benzene rings is 1. The van der Waals surface area contributed by atoms with Gasteiger partial charge in [-0.05, 0) is 12.5 Å². The SMILES string of the molecule is CC(c1cnccn1)C(C)(O)c1ccccc1. The highest BCUT2D eigenvalue weighted by molar-refractivity contribution is 5.26. The van der Waals surface area contributed by atoms with Gasteiger partial charge in [0.05, 0.1) is 11.3 Å². The third-order valence-electron chi connectivity index (χ3n) is 3.23. The molecule has 0 aliphatic carbocycles. The van der Waals surface area contributed by atoms with Crippen molar-refractivity contribution in [3.05, 3.63) is 60.2 Å². The Labute approximate surface area is 101 Å². The first kappa shape index (κ1) is 11.7. The molecule has 2 unspecified atom stereocenters. The van der Waals surface area contributed by atoms with Crippen molar-refractivity contribution in [2.24, 2.45) is 0 Å². The molecule has 0 aliphatic rings. The Morgan fingerprint density at radius 1 is 1.18 bits per heavy atom. The predicted molar refractivity (Wildman–Crippen MR) is 66.5 cm³/mol. The molecule has 0 aliphatic heterocycles. The van der Waals surface area contributed by atoms with Crippen molar-refractivity contribution in [1.82, 2.24) is 9.97 Å². The molecule has 0 radical (unpaired) electrons. The van der Waals surface area contributed by atoms with Crippen LogP contribution < -0.4 is 0 Å². The molecular weight excluding hydrogens is 212 g/mol. The van der Waals surface area contributed by atoms with Gasteiger partial charge in [0.2, 0.25) is 0 Å². The van der Waals surface area contributed by atoms with Crippen LogP contribution in [0.1, 0.15) is 31.0 Å². The Kier molecular flexibility index (Phi) is 3.20. The van der Waals surface area contributed by atoms with Crippen LogP contribution in [0.15, 0.2) is 48.9 Å². The van der Waals surface area contributed by atoms with Crippen molar-refractivity contribution in [1.29, 1.82) is 0 Å². The summed E-state index contributed by atoms with van der Waals surface area (Å²) >= 11 is 0. The zero-order valence-corrected chi connectivity index (χ0v) is 10.0. The van der Waals surface area contributed by atoms with Crippen molar-refractivity contribution in [3.63, 3.8) is 0 Å². The summed E-state index contributed by atoms with van der Waals surface area (Å²) in [6, 6.07) is 9.63. The number of hydrogen-bond donors (Lipinski definition) is 1. The normalized spacial score (nSPS) is 16.2. The van der Waals surface area contributed by atoms with Crippen molar-refractivity contribution < 1.29 is 5.11 Å². The highest BCUT2D eigenvalue weighted by Gasteiger charge is 2.32. The fraction of sp³-hybridized carbons (Fsp3) is 0.286. The molecule has 3 heteroatoms. The molecule has 2 atom stereocenters. The zero-order chi connectivity index (χ0) is 12.3. The molecule has 2 rings (SSSR count). The van der Waals surface area contributed by atoms with Crippen LogP contribution in [0.5, 0.6) is 0 Å². The predicted octanol–water partition coefficient (Wildman–Crippen LogP) is 2.49. The van der Waals surface area contributed by atoms with Crippen LogP contribution in [-0.2, 0) is 5.60 Å². The second kappa shape index (κ2) is 4.63. The first-order valence-corrected chi connectivity index (χ1v) is 5.66. The number of nitrogens with zero attached hydrogens (tertiary/aromatic N) is 2. The first-order valence-electron chi connectivity index (χ1n) is 5.66. The summed E-state index contributed by atoms with van der Waals surface area (Å²) in [5, 5.41) is 10.6. The van der Waals surface area contributed by atoms with Gasteiger partial charge in [-0.2, -0.15) is 0 Å². The van der Waals surface area contributed by atoms with Crippen LogP contribution in [-0.4, -0.2) is 15.1 Å². The summed E-state index contributed by atoms with van der Waals surface area (Å²) in [4.78, 5) is 8.29. The van der Waals surface area contributed by atoms with Gasteiger partial charge in [-0.3, -0.25) is 9.97 Å². The number of aliphatic hydroxyl groups is 1. The molecule has 0 amide bonds. The summed E-state index contributed by atoms with van der Waals surface area (Å²) in [5.41, 5.74) is 0.733. The summed E-state index contributed by atoms with van der Waals surface area (Å²) < 4.78 is 0. The molecule has 0 saturated carbocycles. The summed E-state index contributed by atoms with van der Waals surface area (Å²) in [6.07, 6.45) is 4.97. The molecule has 17 heavy (non-hydrogen) atoms. The summed E-state index contributed by atoms with van der Waals surface area (Å²) in [6.45, 7) is 3.76. The van der Waals surface area contributed by atoms with E-state index in [1.807, 2.05) is 44.2 Å². The van der Waals surface area contributed by atoms with E-state index in [0.717, 1.165) is 11.3 Å². The largest absolute Gasteiger partial charge is 0.385 e. The van der Waals surface area contributed by atoms with Crippen LogP contribution >= 0.6 is 0 Å². The minimum Gasteiger partial charge on any atom is -0.385 e. The Morgan fingerprint density at radius 3 is 2.47 bits per heavy atom. The van der Waals surface area contributed by atoms with E-state index in [0.29, 0.717) is 0 Å². The second-order valence-electron chi connectivity index (χ2n) is 4.37. The summed E-state index contributed by atoms with van der Waals surface area (Å²) in [7, 11) is 0. The van der Waals surface area contributed by atoms with Gasteiger partial charge in [0.15, 0.2) is 0 Å². The zero-order valence-electron chi connectivity index (χ0n) is 10.0. The Bertz CT molecular complexity index is 468. The van der Waals surface area contributed by atoms with Gasteiger partial charge in [0.1, 0.15) is 0 Å². The van der Waals surface area contributed by atoms with E-state index < -0.39 is 5.60 Å². The van der Waals surface area contributed by atoms with Gasteiger partial charge in [0.25, 0.3) is 0 Å². The highest BCUT2D eigenvalue weighted by atomic mass is 16.3. The van der Waals surface area contributed by atoms with Crippen LogP contribution in [0.2, 0.25) is 0 Å². The van der Waals surface area contributed by atoms with Crippen LogP contribution in [0.25, 0.3) is 0 Å². The molecule has 0 bridgehead atoms. The molecule has 0 spiro atoms.